The van der Waals surface area contributed by atoms with Gasteiger partial charge in [-0.05, 0) is 61.4 Å². The van der Waals surface area contributed by atoms with Crippen LogP contribution in [0.25, 0.3) is 0 Å². The first-order valence-corrected chi connectivity index (χ1v) is 10.6. The maximum atomic E-state index is 12.3. The molecule has 0 radical (unpaired) electrons. The summed E-state index contributed by atoms with van der Waals surface area (Å²) in [6.45, 7) is 3.75. The Hall–Kier alpha value is -3.25. The van der Waals surface area contributed by atoms with Crippen LogP contribution in [0.1, 0.15) is 54.2 Å². The van der Waals surface area contributed by atoms with Gasteiger partial charge in [0.1, 0.15) is 4.88 Å². The van der Waals surface area contributed by atoms with Crippen LogP contribution in [0.2, 0.25) is 0 Å². The molecule has 154 valence electrons. The molecule has 0 saturated heterocycles. The average molecular weight is 422 g/mol. The summed E-state index contributed by atoms with van der Waals surface area (Å²) in [6.07, 6.45) is 1.92. The van der Waals surface area contributed by atoms with E-state index < -0.39 is 5.97 Å². The third kappa shape index (κ3) is 5.42. The molecule has 0 fully saturated rings. The van der Waals surface area contributed by atoms with Crippen molar-refractivity contribution in [3.63, 3.8) is 0 Å². The topological polar surface area (TPSA) is 72.5 Å². The van der Waals surface area contributed by atoms with Crippen molar-refractivity contribution in [2.45, 2.75) is 26.7 Å². The number of ether oxygens (including phenoxy) is 1. The van der Waals surface area contributed by atoms with Crippen LogP contribution in [0.15, 0.2) is 60.7 Å². The van der Waals surface area contributed by atoms with E-state index in [4.69, 9.17) is 4.74 Å². The highest BCUT2D eigenvalue weighted by molar-refractivity contribution is 7.14. The summed E-state index contributed by atoms with van der Waals surface area (Å²) in [5.41, 5.74) is 2.69. The van der Waals surface area contributed by atoms with Crippen LogP contribution in [0.3, 0.4) is 0 Å². The van der Waals surface area contributed by atoms with Gasteiger partial charge in [0.05, 0.1) is 0 Å². The van der Waals surface area contributed by atoms with E-state index in [0.29, 0.717) is 21.7 Å². The number of amides is 1. The fourth-order valence-corrected chi connectivity index (χ4v) is 3.92. The molecule has 0 aliphatic heterocycles. The van der Waals surface area contributed by atoms with E-state index in [0.717, 1.165) is 23.3 Å². The fourth-order valence-electron chi connectivity index (χ4n) is 2.96. The molecule has 0 atom stereocenters. The maximum Gasteiger partial charge on any atom is 0.348 e. The fraction of sp³-hybridized carbons (Fsp3) is 0.208. The van der Waals surface area contributed by atoms with E-state index >= 15 is 0 Å². The highest BCUT2D eigenvalue weighted by atomic mass is 32.1. The molecule has 1 N–H and O–H groups in total. The Morgan fingerprint density at radius 2 is 1.67 bits per heavy atom. The number of benzene rings is 2. The maximum absolute atomic E-state index is 12.3. The molecular formula is C24H23NO4S. The van der Waals surface area contributed by atoms with Crippen LogP contribution in [0, 0.1) is 6.92 Å². The van der Waals surface area contributed by atoms with Crippen molar-refractivity contribution in [1.82, 2.24) is 0 Å². The Balaban J connectivity index is 1.55. The Labute approximate surface area is 179 Å². The minimum absolute atomic E-state index is 0.225. The number of anilines is 1. The average Bonchev–Trinajstić information content (AvgIpc) is 3.13. The third-order valence-corrected chi connectivity index (χ3v) is 5.65. The van der Waals surface area contributed by atoms with Gasteiger partial charge in [-0.1, -0.05) is 31.5 Å². The minimum atomic E-state index is -0.481. The number of aryl methyl sites for hydroxylation is 2. The standard InChI is InChI=1S/C24H23NO4S/c1-3-7-19-14-22(30-16(19)2)24(28)29-15-21(26)17-10-12-20(13-11-17)25-23(27)18-8-5-4-6-9-18/h4-6,8-14H,3,7,15H2,1-2H3,(H,25,27). The lowest BCUT2D eigenvalue weighted by atomic mass is 10.1. The second-order valence-electron chi connectivity index (χ2n) is 6.84. The Kier molecular flexibility index (Phi) is 7.14. The van der Waals surface area contributed by atoms with E-state index in [9.17, 15) is 14.4 Å². The molecule has 2 aromatic carbocycles. The molecule has 0 unspecified atom stereocenters. The number of hydrogen-bond acceptors (Lipinski definition) is 5. The van der Waals surface area contributed by atoms with Crippen molar-refractivity contribution in [2.75, 3.05) is 11.9 Å². The largest absolute Gasteiger partial charge is 0.453 e. The second kappa shape index (κ2) is 9.98. The number of esters is 1. The molecule has 3 aromatic rings. The van der Waals surface area contributed by atoms with Gasteiger partial charge in [0.15, 0.2) is 12.4 Å². The lowest BCUT2D eigenvalue weighted by molar-refractivity contribution is 0.0479. The minimum Gasteiger partial charge on any atom is -0.453 e. The SMILES string of the molecule is CCCc1cc(C(=O)OCC(=O)c2ccc(NC(=O)c3ccccc3)cc2)sc1C. The van der Waals surface area contributed by atoms with Gasteiger partial charge in [-0.2, -0.15) is 0 Å². The molecule has 3 rings (SSSR count). The highest BCUT2D eigenvalue weighted by Crippen LogP contribution is 2.23. The summed E-state index contributed by atoms with van der Waals surface area (Å²) in [6, 6.07) is 17.2. The van der Waals surface area contributed by atoms with E-state index in [1.165, 1.54) is 11.3 Å². The lowest BCUT2D eigenvalue weighted by Crippen LogP contribution is -2.14. The Morgan fingerprint density at radius 1 is 0.967 bits per heavy atom. The van der Waals surface area contributed by atoms with Gasteiger partial charge < -0.3 is 10.1 Å². The van der Waals surface area contributed by atoms with Crippen LogP contribution in [-0.2, 0) is 11.2 Å². The van der Waals surface area contributed by atoms with Crippen molar-refractivity contribution in [3.05, 3.63) is 87.1 Å². The number of hydrogen-bond donors (Lipinski definition) is 1. The van der Waals surface area contributed by atoms with E-state index in [-0.39, 0.29) is 18.3 Å². The lowest BCUT2D eigenvalue weighted by Gasteiger charge is -2.07. The number of nitrogens with one attached hydrogen (secondary N) is 1. The molecule has 1 aromatic heterocycles. The van der Waals surface area contributed by atoms with Gasteiger partial charge in [-0.25, -0.2) is 4.79 Å². The van der Waals surface area contributed by atoms with Gasteiger partial charge in [0.2, 0.25) is 0 Å². The summed E-state index contributed by atoms with van der Waals surface area (Å²) < 4.78 is 5.20. The van der Waals surface area contributed by atoms with E-state index in [1.54, 1.807) is 48.5 Å². The number of carbonyl (C=O) groups excluding carboxylic acids is 3. The van der Waals surface area contributed by atoms with Gasteiger partial charge in [0, 0.05) is 21.7 Å². The third-order valence-electron chi connectivity index (χ3n) is 4.58. The zero-order valence-electron chi connectivity index (χ0n) is 16.9. The van der Waals surface area contributed by atoms with Crippen molar-refractivity contribution in [2.24, 2.45) is 0 Å². The number of Topliss-reactive ketones (excluding diaryl/α,β-unsaturated/α-hetero) is 1. The molecule has 5 nitrogen and oxygen atoms in total. The van der Waals surface area contributed by atoms with E-state index in [1.807, 2.05) is 19.1 Å². The first-order valence-electron chi connectivity index (χ1n) is 9.74. The number of carbonyl (C=O) groups is 3. The molecule has 30 heavy (non-hydrogen) atoms. The molecule has 6 heteroatoms. The summed E-state index contributed by atoms with van der Waals surface area (Å²) in [5.74, 6) is -1.01. The molecule has 0 spiro atoms. The van der Waals surface area contributed by atoms with Crippen molar-refractivity contribution in [1.29, 1.82) is 0 Å². The van der Waals surface area contributed by atoms with Gasteiger partial charge >= 0.3 is 5.97 Å². The quantitative estimate of drug-likeness (QED) is 0.396. The van der Waals surface area contributed by atoms with Crippen molar-refractivity contribution in [3.8, 4) is 0 Å². The van der Waals surface area contributed by atoms with Crippen LogP contribution in [-0.4, -0.2) is 24.3 Å². The summed E-state index contributed by atoms with van der Waals surface area (Å²) in [5, 5.41) is 2.78. The van der Waals surface area contributed by atoms with Crippen molar-refractivity contribution >= 4 is 34.7 Å². The second-order valence-corrected chi connectivity index (χ2v) is 8.10. The van der Waals surface area contributed by atoms with Crippen LogP contribution in [0.4, 0.5) is 5.69 Å². The first-order chi connectivity index (χ1) is 14.5. The van der Waals surface area contributed by atoms with Gasteiger partial charge in [0.25, 0.3) is 5.91 Å². The predicted octanol–water partition coefficient (Wildman–Crippen LogP) is 5.30. The summed E-state index contributed by atoms with van der Waals surface area (Å²) >= 11 is 1.39. The monoisotopic (exact) mass is 421 g/mol. The number of rotatable bonds is 8. The molecule has 0 aliphatic carbocycles. The zero-order chi connectivity index (χ0) is 21.5. The highest BCUT2D eigenvalue weighted by Gasteiger charge is 2.16. The predicted molar refractivity (Wildman–Crippen MR) is 119 cm³/mol. The molecule has 0 aliphatic rings. The molecule has 1 heterocycles. The molecular weight excluding hydrogens is 398 g/mol. The zero-order valence-corrected chi connectivity index (χ0v) is 17.8. The molecule has 0 saturated carbocycles. The molecule has 1 amide bonds. The van der Waals surface area contributed by atoms with Crippen molar-refractivity contribution < 1.29 is 19.1 Å². The van der Waals surface area contributed by atoms with Crippen LogP contribution >= 0.6 is 11.3 Å². The molecule has 0 bridgehead atoms. The number of ketones is 1. The summed E-state index contributed by atoms with van der Waals surface area (Å²) in [7, 11) is 0. The normalized spacial score (nSPS) is 10.5. The smallest absolute Gasteiger partial charge is 0.348 e. The van der Waals surface area contributed by atoms with E-state index in [2.05, 4.69) is 12.2 Å². The Morgan fingerprint density at radius 3 is 2.33 bits per heavy atom. The Bertz CT molecular complexity index is 1040. The van der Waals surface area contributed by atoms with Crippen LogP contribution in [0.5, 0.6) is 0 Å². The number of thiophene rings is 1. The van der Waals surface area contributed by atoms with Gasteiger partial charge in [-0.15, -0.1) is 11.3 Å². The van der Waals surface area contributed by atoms with Crippen LogP contribution < -0.4 is 5.32 Å². The summed E-state index contributed by atoms with van der Waals surface area (Å²) in [4.78, 5) is 38.4. The first kappa shape index (κ1) is 21.5. The van der Waals surface area contributed by atoms with Gasteiger partial charge in [-0.3, -0.25) is 9.59 Å².